The number of carbonyl (C=O) groups is 3. The Bertz CT molecular complexity index is 950. The molecule has 1 aromatic carbocycles. The number of imide groups is 1. The molecule has 0 bridgehead atoms. The van der Waals surface area contributed by atoms with Crippen LogP contribution >= 0.6 is 11.8 Å². The highest BCUT2D eigenvalue weighted by atomic mass is 32.2. The standard InChI is InChI=1S/C18H15F3N4O3S/c1-22-16(27)14-8-23-7-6-11(14)9-24-10-15(26)25(17(24)28)12-2-4-13(5-3-12)29-18(19,20)21/h2-8H,9-10H2,1H3,(H,22,27). The molecule has 1 aromatic heterocycles. The number of anilines is 1. The molecule has 11 heteroatoms. The van der Waals surface area contributed by atoms with Crippen molar-refractivity contribution in [3.8, 4) is 0 Å². The third-order valence-electron chi connectivity index (χ3n) is 4.11. The quantitative estimate of drug-likeness (QED) is 0.589. The lowest BCUT2D eigenvalue weighted by Gasteiger charge is -2.18. The van der Waals surface area contributed by atoms with E-state index in [9.17, 15) is 27.6 Å². The van der Waals surface area contributed by atoms with Gasteiger partial charge in [0, 0.05) is 30.9 Å². The van der Waals surface area contributed by atoms with Gasteiger partial charge in [-0.05, 0) is 47.7 Å². The molecule has 0 radical (unpaired) electrons. The average molecular weight is 424 g/mol. The van der Waals surface area contributed by atoms with Gasteiger partial charge in [0.25, 0.3) is 11.8 Å². The van der Waals surface area contributed by atoms with E-state index < -0.39 is 17.4 Å². The molecular formula is C18H15F3N4O3S. The van der Waals surface area contributed by atoms with E-state index in [1.165, 1.54) is 48.6 Å². The van der Waals surface area contributed by atoms with E-state index >= 15 is 0 Å². The molecule has 29 heavy (non-hydrogen) atoms. The lowest BCUT2D eigenvalue weighted by atomic mass is 10.1. The maximum atomic E-state index is 12.7. The average Bonchev–Trinajstić information content (AvgIpc) is 2.94. The number of aromatic nitrogens is 1. The number of benzene rings is 1. The van der Waals surface area contributed by atoms with Crippen molar-refractivity contribution in [2.24, 2.45) is 0 Å². The summed E-state index contributed by atoms with van der Waals surface area (Å²) in [5.41, 5.74) is -3.46. The number of nitrogens with zero attached hydrogens (tertiary/aromatic N) is 3. The summed E-state index contributed by atoms with van der Waals surface area (Å²) in [7, 11) is 1.46. The Hall–Kier alpha value is -3.08. The van der Waals surface area contributed by atoms with Gasteiger partial charge < -0.3 is 10.2 Å². The highest BCUT2D eigenvalue weighted by molar-refractivity contribution is 8.00. The summed E-state index contributed by atoms with van der Waals surface area (Å²) in [6.07, 6.45) is 2.84. The zero-order valence-corrected chi connectivity index (χ0v) is 15.9. The SMILES string of the molecule is CNC(=O)c1cnccc1CN1CC(=O)N(c2ccc(SC(F)(F)F)cc2)C1=O. The van der Waals surface area contributed by atoms with E-state index in [4.69, 9.17) is 0 Å². The summed E-state index contributed by atoms with van der Waals surface area (Å²) in [5, 5.41) is 2.48. The molecule has 0 unspecified atom stereocenters. The van der Waals surface area contributed by atoms with Crippen LogP contribution in [0.4, 0.5) is 23.7 Å². The number of alkyl halides is 3. The minimum atomic E-state index is -4.43. The maximum Gasteiger partial charge on any atom is 0.446 e. The molecule has 152 valence electrons. The summed E-state index contributed by atoms with van der Waals surface area (Å²) < 4.78 is 37.3. The Labute approximate surface area is 167 Å². The van der Waals surface area contributed by atoms with Crippen LogP contribution in [0.1, 0.15) is 15.9 Å². The first-order chi connectivity index (χ1) is 13.7. The molecule has 1 saturated heterocycles. The predicted molar refractivity (Wildman–Crippen MR) is 99.3 cm³/mol. The minimum absolute atomic E-state index is 0.00829. The van der Waals surface area contributed by atoms with Crippen LogP contribution in [0.15, 0.2) is 47.6 Å². The lowest BCUT2D eigenvalue weighted by Crippen LogP contribution is -2.33. The van der Waals surface area contributed by atoms with Crippen molar-refractivity contribution >= 4 is 35.3 Å². The summed E-state index contributed by atoms with van der Waals surface area (Å²) in [6.45, 7) is -0.207. The number of urea groups is 1. The zero-order chi connectivity index (χ0) is 21.2. The number of halogens is 3. The first-order valence-corrected chi connectivity index (χ1v) is 9.14. The van der Waals surface area contributed by atoms with E-state index in [1.807, 2.05) is 0 Å². The topological polar surface area (TPSA) is 82.6 Å². The number of amides is 4. The number of hydrogen-bond acceptors (Lipinski definition) is 5. The van der Waals surface area contributed by atoms with Crippen LogP contribution in [0, 0.1) is 0 Å². The second kappa shape index (κ2) is 8.11. The number of pyridine rings is 1. The molecule has 0 aliphatic carbocycles. The molecule has 1 N–H and O–H groups in total. The van der Waals surface area contributed by atoms with E-state index in [-0.39, 0.29) is 46.9 Å². The number of thioether (sulfide) groups is 1. The highest BCUT2D eigenvalue weighted by Gasteiger charge is 2.37. The second-order valence-electron chi connectivity index (χ2n) is 6.02. The summed E-state index contributed by atoms with van der Waals surface area (Å²) in [5.74, 6) is -0.887. The van der Waals surface area contributed by atoms with Crippen molar-refractivity contribution in [2.75, 3.05) is 18.5 Å². The van der Waals surface area contributed by atoms with E-state index in [2.05, 4.69) is 10.3 Å². The van der Waals surface area contributed by atoms with Crippen LogP contribution in [0.25, 0.3) is 0 Å². The fourth-order valence-electron chi connectivity index (χ4n) is 2.83. The Kier molecular flexibility index (Phi) is 5.78. The molecule has 1 fully saturated rings. The van der Waals surface area contributed by atoms with Crippen LogP contribution in [0.2, 0.25) is 0 Å². The van der Waals surface area contributed by atoms with Gasteiger partial charge in [-0.2, -0.15) is 13.2 Å². The smallest absolute Gasteiger partial charge is 0.355 e. The Balaban J connectivity index is 1.78. The van der Waals surface area contributed by atoms with Gasteiger partial charge in [-0.3, -0.25) is 14.6 Å². The normalized spacial score (nSPS) is 14.5. The minimum Gasteiger partial charge on any atom is -0.355 e. The highest BCUT2D eigenvalue weighted by Crippen LogP contribution is 2.37. The molecule has 0 saturated carbocycles. The van der Waals surface area contributed by atoms with Crippen molar-refractivity contribution in [3.63, 3.8) is 0 Å². The Morgan fingerprint density at radius 1 is 1.21 bits per heavy atom. The largest absolute Gasteiger partial charge is 0.446 e. The molecule has 1 aliphatic heterocycles. The van der Waals surface area contributed by atoms with E-state index in [1.54, 1.807) is 6.07 Å². The van der Waals surface area contributed by atoms with E-state index in [0.717, 1.165) is 4.90 Å². The second-order valence-corrected chi connectivity index (χ2v) is 7.16. The molecule has 3 rings (SSSR count). The van der Waals surface area contributed by atoms with Gasteiger partial charge in [-0.15, -0.1) is 0 Å². The van der Waals surface area contributed by atoms with Crippen molar-refractivity contribution in [1.82, 2.24) is 15.2 Å². The van der Waals surface area contributed by atoms with Crippen LogP contribution in [0.5, 0.6) is 0 Å². The van der Waals surface area contributed by atoms with Crippen LogP contribution in [-0.2, 0) is 11.3 Å². The first kappa shape index (κ1) is 20.6. The third-order valence-corrected chi connectivity index (χ3v) is 4.85. The van der Waals surface area contributed by atoms with Crippen LogP contribution in [0.3, 0.4) is 0 Å². The summed E-state index contributed by atoms with van der Waals surface area (Å²) in [6, 6.07) is 5.93. The fourth-order valence-corrected chi connectivity index (χ4v) is 3.37. The monoisotopic (exact) mass is 424 g/mol. The summed E-state index contributed by atoms with van der Waals surface area (Å²) >= 11 is -0.280. The molecule has 1 aliphatic rings. The molecule has 2 heterocycles. The molecule has 7 nitrogen and oxygen atoms in total. The van der Waals surface area contributed by atoms with Crippen molar-refractivity contribution < 1.29 is 27.6 Å². The zero-order valence-electron chi connectivity index (χ0n) is 15.1. The van der Waals surface area contributed by atoms with Crippen molar-refractivity contribution in [3.05, 3.63) is 53.9 Å². The van der Waals surface area contributed by atoms with E-state index in [0.29, 0.717) is 5.56 Å². The molecule has 2 aromatic rings. The van der Waals surface area contributed by atoms with Crippen LogP contribution in [-0.4, -0.2) is 46.8 Å². The molecule has 4 amide bonds. The van der Waals surface area contributed by atoms with Gasteiger partial charge in [-0.1, -0.05) is 0 Å². The predicted octanol–water partition coefficient (Wildman–Crippen LogP) is 3.02. The maximum absolute atomic E-state index is 12.7. The summed E-state index contributed by atoms with van der Waals surface area (Å²) in [4.78, 5) is 43.0. The Morgan fingerprint density at radius 3 is 2.52 bits per heavy atom. The van der Waals surface area contributed by atoms with Crippen molar-refractivity contribution in [1.29, 1.82) is 0 Å². The number of nitrogens with one attached hydrogen (secondary N) is 1. The van der Waals surface area contributed by atoms with Gasteiger partial charge in [0.05, 0.1) is 11.3 Å². The third kappa shape index (κ3) is 4.67. The van der Waals surface area contributed by atoms with Gasteiger partial charge in [0.2, 0.25) is 0 Å². The number of carbonyl (C=O) groups excluding carboxylic acids is 3. The van der Waals surface area contributed by atoms with Crippen molar-refractivity contribution in [2.45, 2.75) is 16.9 Å². The molecule has 0 spiro atoms. The number of rotatable bonds is 5. The fraction of sp³-hybridized carbons (Fsp3) is 0.222. The van der Waals surface area contributed by atoms with Gasteiger partial charge >= 0.3 is 11.5 Å². The lowest BCUT2D eigenvalue weighted by molar-refractivity contribution is -0.116. The first-order valence-electron chi connectivity index (χ1n) is 8.32. The van der Waals surface area contributed by atoms with Gasteiger partial charge in [0.1, 0.15) is 6.54 Å². The molecular weight excluding hydrogens is 409 g/mol. The van der Waals surface area contributed by atoms with Gasteiger partial charge in [0.15, 0.2) is 0 Å². The van der Waals surface area contributed by atoms with Crippen LogP contribution < -0.4 is 10.2 Å². The molecule has 0 atom stereocenters. The van der Waals surface area contributed by atoms with Gasteiger partial charge in [-0.25, -0.2) is 9.69 Å². The Morgan fingerprint density at radius 2 is 1.90 bits per heavy atom. The number of hydrogen-bond donors (Lipinski definition) is 1.